The first kappa shape index (κ1) is 24.0. The highest BCUT2D eigenvalue weighted by molar-refractivity contribution is 7.99. The lowest BCUT2D eigenvalue weighted by Gasteiger charge is -2.29. The average Bonchev–Trinajstić information content (AvgIpc) is 3.27. The van der Waals surface area contributed by atoms with Gasteiger partial charge >= 0.3 is 0 Å². The maximum absolute atomic E-state index is 13.1. The van der Waals surface area contributed by atoms with E-state index in [4.69, 9.17) is 23.2 Å². The van der Waals surface area contributed by atoms with Crippen molar-refractivity contribution in [3.63, 3.8) is 0 Å². The molecule has 1 saturated carbocycles. The van der Waals surface area contributed by atoms with E-state index in [0.717, 1.165) is 36.8 Å². The first-order chi connectivity index (χ1) is 14.9. The summed E-state index contributed by atoms with van der Waals surface area (Å²) in [5, 5.41) is 4.46. The van der Waals surface area contributed by atoms with Gasteiger partial charge in [-0.1, -0.05) is 60.3 Å². The van der Waals surface area contributed by atoms with Crippen molar-refractivity contribution in [3.8, 4) is 0 Å². The molecule has 0 heterocycles. The molecule has 2 aromatic carbocycles. The van der Waals surface area contributed by atoms with Gasteiger partial charge in [0.05, 0.1) is 5.75 Å². The van der Waals surface area contributed by atoms with Gasteiger partial charge in [0.25, 0.3) is 0 Å². The molecular formula is C24H28Cl2N2O2S. The first-order valence-corrected chi connectivity index (χ1v) is 12.5. The highest BCUT2D eigenvalue weighted by Gasteiger charge is 2.28. The monoisotopic (exact) mass is 478 g/mol. The molecule has 1 atom stereocenters. The Kier molecular flexibility index (Phi) is 9.12. The van der Waals surface area contributed by atoms with E-state index in [9.17, 15) is 9.59 Å². The summed E-state index contributed by atoms with van der Waals surface area (Å²) in [5.41, 5.74) is 2.06. The van der Waals surface area contributed by atoms with Crippen molar-refractivity contribution in [3.05, 3.63) is 69.7 Å². The Hall–Kier alpha value is -1.69. The zero-order chi connectivity index (χ0) is 22.2. The van der Waals surface area contributed by atoms with Crippen LogP contribution in [0.5, 0.6) is 0 Å². The minimum Gasteiger partial charge on any atom is -0.352 e. The zero-order valence-electron chi connectivity index (χ0n) is 17.7. The largest absolute Gasteiger partial charge is 0.352 e. The van der Waals surface area contributed by atoms with Crippen LogP contribution in [0.2, 0.25) is 10.0 Å². The highest BCUT2D eigenvalue weighted by Crippen LogP contribution is 2.20. The molecule has 3 rings (SSSR count). The second kappa shape index (κ2) is 11.8. The quantitative estimate of drug-likeness (QED) is 0.502. The third kappa shape index (κ3) is 7.44. The van der Waals surface area contributed by atoms with Crippen molar-refractivity contribution in [1.29, 1.82) is 0 Å². The molecule has 0 bridgehead atoms. The van der Waals surface area contributed by atoms with Gasteiger partial charge in [0.1, 0.15) is 6.04 Å². The van der Waals surface area contributed by atoms with Crippen molar-refractivity contribution in [2.45, 2.75) is 57.0 Å². The van der Waals surface area contributed by atoms with Crippen LogP contribution in [0.1, 0.15) is 43.7 Å². The van der Waals surface area contributed by atoms with Crippen LogP contribution in [0, 0.1) is 0 Å². The molecule has 4 nitrogen and oxygen atoms in total. The van der Waals surface area contributed by atoms with Crippen LogP contribution >= 0.6 is 35.0 Å². The zero-order valence-corrected chi connectivity index (χ0v) is 20.0. The summed E-state index contributed by atoms with van der Waals surface area (Å²) in [6, 6.07) is 14.7. The lowest BCUT2D eigenvalue weighted by molar-refractivity contribution is -0.138. The molecule has 0 aliphatic heterocycles. The maximum atomic E-state index is 13.1. The fraction of sp³-hybridized carbons (Fsp3) is 0.417. The molecular weight excluding hydrogens is 451 g/mol. The average molecular weight is 479 g/mol. The molecule has 1 fully saturated rings. The third-order valence-corrected chi connectivity index (χ3v) is 7.04. The minimum atomic E-state index is -0.542. The normalized spacial score (nSPS) is 14.9. The molecule has 1 aliphatic carbocycles. The molecule has 166 valence electrons. The Balaban J connectivity index is 1.64. The van der Waals surface area contributed by atoms with Gasteiger partial charge in [-0.2, -0.15) is 0 Å². The van der Waals surface area contributed by atoms with E-state index in [1.165, 1.54) is 11.8 Å². The summed E-state index contributed by atoms with van der Waals surface area (Å²) in [5.74, 6) is 0.873. The fourth-order valence-corrected chi connectivity index (χ4v) is 4.80. The second-order valence-electron chi connectivity index (χ2n) is 7.93. The molecule has 0 aromatic heterocycles. The third-order valence-electron chi connectivity index (χ3n) is 5.54. The van der Waals surface area contributed by atoms with Gasteiger partial charge in [0, 0.05) is 28.4 Å². The Labute approximate surface area is 198 Å². The van der Waals surface area contributed by atoms with Gasteiger partial charge in [-0.05, 0) is 55.2 Å². The Bertz CT molecular complexity index is 868. The van der Waals surface area contributed by atoms with Crippen LogP contribution in [-0.4, -0.2) is 34.6 Å². The molecule has 1 N–H and O–H groups in total. The molecule has 0 spiro atoms. The van der Waals surface area contributed by atoms with Crippen molar-refractivity contribution in [2.24, 2.45) is 0 Å². The molecule has 0 saturated heterocycles. The fourth-order valence-electron chi connectivity index (χ4n) is 3.68. The van der Waals surface area contributed by atoms with E-state index in [1.54, 1.807) is 17.0 Å². The summed E-state index contributed by atoms with van der Waals surface area (Å²) in [6.45, 7) is 2.18. The smallest absolute Gasteiger partial charge is 0.242 e. The Morgan fingerprint density at radius 1 is 1.00 bits per heavy atom. The van der Waals surface area contributed by atoms with Crippen LogP contribution < -0.4 is 5.32 Å². The molecule has 0 radical (unpaired) electrons. The summed E-state index contributed by atoms with van der Waals surface area (Å²) >= 11 is 13.5. The Morgan fingerprint density at radius 2 is 1.55 bits per heavy atom. The van der Waals surface area contributed by atoms with Crippen molar-refractivity contribution < 1.29 is 9.59 Å². The van der Waals surface area contributed by atoms with E-state index in [0.29, 0.717) is 28.1 Å². The number of hydrogen-bond acceptors (Lipinski definition) is 3. The van der Waals surface area contributed by atoms with Crippen LogP contribution in [0.25, 0.3) is 0 Å². The molecule has 2 amide bonds. The molecule has 2 aromatic rings. The molecule has 1 aliphatic rings. The number of rotatable bonds is 9. The number of benzene rings is 2. The van der Waals surface area contributed by atoms with E-state index < -0.39 is 6.04 Å². The van der Waals surface area contributed by atoms with Crippen molar-refractivity contribution in [1.82, 2.24) is 10.2 Å². The van der Waals surface area contributed by atoms with Crippen LogP contribution in [-0.2, 0) is 21.9 Å². The summed E-state index contributed by atoms with van der Waals surface area (Å²) in [4.78, 5) is 27.7. The summed E-state index contributed by atoms with van der Waals surface area (Å²) < 4.78 is 0. The highest BCUT2D eigenvalue weighted by atomic mass is 35.5. The number of nitrogens with one attached hydrogen (secondary N) is 1. The van der Waals surface area contributed by atoms with Gasteiger partial charge in [0.2, 0.25) is 11.8 Å². The Morgan fingerprint density at radius 3 is 2.13 bits per heavy atom. The van der Waals surface area contributed by atoms with Crippen LogP contribution in [0.4, 0.5) is 0 Å². The maximum Gasteiger partial charge on any atom is 0.242 e. The predicted molar refractivity (Wildman–Crippen MR) is 129 cm³/mol. The summed E-state index contributed by atoms with van der Waals surface area (Å²) in [7, 11) is 0. The molecule has 7 heteroatoms. The van der Waals surface area contributed by atoms with Gasteiger partial charge in [0.15, 0.2) is 0 Å². The number of carbonyl (C=O) groups excluding carboxylic acids is 2. The van der Waals surface area contributed by atoms with E-state index in [1.807, 2.05) is 43.3 Å². The van der Waals surface area contributed by atoms with Crippen LogP contribution in [0.15, 0.2) is 48.5 Å². The van der Waals surface area contributed by atoms with Gasteiger partial charge in [-0.15, -0.1) is 11.8 Å². The number of halogens is 2. The van der Waals surface area contributed by atoms with Crippen molar-refractivity contribution in [2.75, 3.05) is 5.75 Å². The number of carbonyl (C=O) groups is 2. The summed E-state index contributed by atoms with van der Waals surface area (Å²) in [6.07, 6.45) is 4.32. The first-order valence-electron chi connectivity index (χ1n) is 10.6. The predicted octanol–water partition coefficient (Wildman–Crippen LogP) is 5.70. The number of thioether (sulfide) groups is 1. The SMILES string of the molecule is C[C@@H](C(=O)NC1CCCC1)N(Cc1ccc(Cl)cc1)C(=O)CSCc1ccc(Cl)cc1. The van der Waals surface area contributed by atoms with Crippen molar-refractivity contribution >= 4 is 46.8 Å². The van der Waals surface area contributed by atoms with E-state index in [-0.39, 0.29) is 17.9 Å². The number of hydrogen-bond donors (Lipinski definition) is 1. The van der Waals surface area contributed by atoms with E-state index >= 15 is 0 Å². The van der Waals surface area contributed by atoms with Gasteiger partial charge in [-0.3, -0.25) is 9.59 Å². The minimum absolute atomic E-state index is 0.0528. The number of nitrogens with zero attached hydrogens (tertiary/aromatic N) is 1. The van der Waals surface area contributed by atoms with E-state index in [2.05, 4.69) is 5.32 Å². The molecule has 0 unspecified atom stereocenters. The van der Waals surface area contributed by atoms with Gasteiger partial charge < -0.3 is 10.2 Å². The van der Waals surface area contributed by atoms with Crippen LogP contribution in [0.3, 0.4) is 0 Å². The number of amides is 2. The topological polar surface area (TPSA) is 49.4 Å². The van der Waals surface area contributed by atoms with Gasteiger partial charge in [-0.25, -0.2) is 0 Å². The second-order valence-corrected chi connectivity index (χ2v) is 9.79. The lowest BCUT2D eigenvalue weighted by atomic mass is 10.1. The standard InChI is InChI=1S/C24H28Cl2N2O2S/c1-17(24(30)27-22-4-2-3-5-22)28(14-18-6-10-20(25)11-7-18)23(29)16-31-15-19-8-12-21(26)13-9-19/h6-13,17,22H,2-5,14-16H2,1H3,(H,27,30)/t17-/m0/s1. The lowest BCUT2D eigenvalue weighted by Crippen LogP contribution is -2.50. The molecule has 31 heavy (non-hydrogen) atoms.